The molecular weight excluding hydrogens is 373 g/mol. The van der Waals surface area contributed by atoms with Gasteiger partial charge in [-0.25, -0.2) is 0 Å². The average molecular weight is 398 g/mol. The van der Waals surface area contributed by atoms with Crippen LogP contribution in [0.15, 0.2) is 60.8 Å². The molecule has 0 bridgehead atoms. The molecule has 0 amide bonds. The fraction of sp³-hybridized carbons (Fsp3) is 0.333. The summed E-state index contributed by atoms with van der Waals surface area (Å²) in [6.45, 7) is 6.42. The Morgan fingerprint density at radius 3 is 2.52 bits per heavy atom. The smallest absolute Gasteiger partial charge is 0.350 e. The van der Waals surface area contributed by atoms with Gasteiger partial charge in [-0.05, 0) is 60.7 Å². The van der Waals surface area contributed by atoms with Gasteiger partial charge in [0.2, 0.25) is 0 Å². The van der Waals surface area contributed by atoms with Gasteiger partial charge in [0.05, 0.1) is 11.6 Å². The molecular formula is C24H25F3N2. The minimum Gasteiger partial charge on any atom is -0.350 e. The standard InChI is InChI=1S/C24H25F3N2/c1-17-9-10-20(14-18(17)2)23-22-8-4-11-28(22)12-5-13-29(23)16-19-6-3-7-21(15-19)24(25,26)27/h3-4,6-11,14-15,23H,5,12-13,16H2,1-2H3/t23-/m0/s1. The summed E-state index contributed by atoms with van der Waals surface area (Å²) in [6, 6.07) is 16.4. The van der Waals surface area contributed by atoms with Crippen molar-refractivity contribution < 1.29 is 13.2 Å². The van der Waals surface area contributed by atoms with Gasteiger partial charge in [-0.15, -0.1) is 0 Å². The van der Waals surface area contributed by atoms with Crippen LogP contribution >= 0.6 is 0 Å². The molecule has 4 rings (SSSR count). The van der Waals surface area contributed by atoms with E-state index < -0.39 is 11.7 Å². The van der Waals surface area contributed by atoms with Gasteiger partial charge >= 0.3 is 6.18 Å². The first kappa shape index (κ1) is 19.8. The Balaban J connectivity index is 1.73. The average Bonchev–Trinajstić information content (AvgIpc) is 3.05. The van der Waals surface area contributed by atoms with Crippen LogP contribution in [0.3, 0.4) is 0 Å². The minimum absolute atomic E-state index is 0.0151. The van der Waals surface area contributed by atoms with Gasteiger partial charge in [-0.3, -0.25) is 4.90 Å². The van der Waals surface area contributed by atoms with Crippen molar-refractivity contribution in [2.75, 3.05) is 6.54 Å². The van der Waals surface area contributed by atoms with Crippen LogP contribution in [-0.2, 0) is 19.3 Å². The lowest BCUT2D eigenvalue weighted by Gasteiger charge is -2.31. The van der Waals surface area contributed by atoms with Crippen LogP contribution in [0.1, 0.15) is 46.0 Å². The zero-order chi connectivity index (χ0) is 20.6. The molecule has 0 saturated carbocycles. The van der Waals surface area contributed by atoms with Crippen molar-refractivity contribution in [1.82, 2.24) is 9.47 Å². The van der Waals surface area contributed by atoms with E-state index in [0.29, 0.717) is 12.1 Å². The van der Waals surface area contributed by atoms with Crippen LogP contribution in [-0.4, -0.2) is 16.0 Å². The summed E-state index contributed by atoms with van der Waals surface area (Å²) in [5.74, 6) is 0. The molecule has 1 aromatic heterocycles. The van der Waals surface area contributed by atoms with Crippen LogP contribution in [0, 0.1) is 13.8 Å². The maximum Gasteiger partial charge on any atom is 0.416 e. The maximum atomic E-state index is 13.2. The van der Waals surface area contributed by atoms with Crippen LogP contribution < -0.4 is 0 Å². The SMILES string of the molecule is Cc1ccc([C@H]2c3cccn3CCCN2Cc2cccc(C(F)(F)F)c2)cc1C. The summed E-state index contributed by atoms with van der Waals surface area (Å²) in [5, 5.41) is 0. The fourth-order valence-corrected chi connectivity index (χ4v) is 4.21. The molecule has 2 nitrogen and oxygen atoms in total. The predicted octanol–water partition coefficient (Wildman–Crippen LogP) is 6.12. The van der Waals surface area contributed by atoms with Gasteiger partial charge in [0.25, 0.3) is 0 Å². The molecule has 1 atom stereocenters. The lowest BCUT2D eigenvalue weighted by molar-refractivity contribution is -0.137. The molecule has 0 unspecified atom stereocenters. The summed E-state index contributed by atoms with van der Waals surface area (Å²) >= 11 is 0. The number of aromatic nitrogens is 1. The number of rotatable bonds is 3. The summed E-state index contributed by atoms with van der Waals surface area (Å²) in [7, 11) is 0. The van der Waals surface area contributed by atoms with Crippen molar-refractivity contribution in [3.63, 3.8) is 0 Å². The maximum absolute atomic E-state index is 13.2. The van der Waals surface area contributed by atoms with Crippen LogP contribution in [0.25, 0.3) is 0 Å². The second kappa shape index (κ2) is 7.71. The largest absolute Gasteiger partial charge is 0.416 e. The van der Waals surface area contributed by atoms with Gasteiger partial charge in [-0.2, -0.15) is 13.2 Å². The molecule has 2 aromatic carbocycles. The second-order valence-corrected chi connectivity index (χ2v) is 7.89. The fourth-order valence-electron chi connectivity index (χ4n) is 4.21. The predicted molar refractivity (Wildman–Crippen MR) is 109 cm³/mol. The molecule has 2 heterocycles. The van der Waals surface area contributed by atoms with Crippen molar-refractivity contribution >= 4 is 0 Å². The highest BCUT2D eigenvalue weighted by Crippen LogP contribution is 2.35. The Hall–Kier alpha value is -2.53. The number of fused-ring (bicyclic) bond motifs is 1. The van der Waals surface area contributed by atoms with Crippen molar-refractivity contribution in [2.24, 2.45) is 0 Å². The van der Waals surface area contributed by atoms with E-state index in [2.05, 4.69) is 59.8 Å². The summed E-state index contributed by atoms with van der Waals surface area (Å²) in [6.07, 6.45) is -1.27. The summed E-state index contributed by atoms with van der Waals surface area (Å²) < 4.78 is 41.8. The molecule has 0 fully saturated rings. The van der Waals surface area contributed by atoms with E-state index in [4.69, 9.17) is 0 Å². The third-order valence-corrected chi connectivity index (χ3v) is 5.84. The van der Waals surface area contributed by atoms with Gasteiger partial charge in [0.15, 0.2) is 0 Å². The molecule has 1 aliphatic rings. The molecule has 29 heavy (non-hydrogen) atoms. The van der Waals surface area contributed by atoms with Crippen molar-refractivity contribution in [3.8, 4) is 0 Å². The van der Waals surface area contributed by atoms with Gasteiger partial charge in [0, 0.05) is 31.5 Å². The zero-order valence-electron chi connectivity index (χ0n) is 16.7. The third-order valence-electron chi connectivity index (χ3n) is 5.84. The first-order chi connectivity index (χ1) is 13.8. The van der Waals surface area contributed by atoms with E-state index in [0.717, 1.165) is 25.6 Å². The molecule has 5 heteroatoms. The highest BCUT2D eigenvalue weighted by atomic mass is 19.4. The van der Waals surface area contributed by atoms with Gasteiger partial charge in [-0.1, -0.05) is 36.4 Å². The first-order valence-electron chi connectivity index (χ1n) is 9.95. The molecule has 0 saturated heterocycles. The number of alkyl halides is 3. The number of aryl methyl sites for hydroxylation is 3. The quantitative estimate of drug-likeness (QED) is 0.516. The van der Waals surface area contributed by atoms with Gasteiger partial charge < -0.3 is 4.57 Å². The summed E-state index contributed by atoms with van der Waals surface area (Å²) in [5.41, 5.74) is 4.94. The van der Waals surface area contributed by atoms with Gasteiger partial charge in [0.1, 0.15) is 0 Å². The molecule has 3 aromatic rings. The van der Waals surface area contributed by atoms with E-state index in [9.17, 15) is 13.2 Å². The number of halogens is 3. The topological polar surface area (TPSA) is 8.17 Å². The van der Waals surface area contributed by atoms with Crippen molar-refractivity contribution in [3.05, 3.63) is 94.3 Å². The number of hydrogen-bond donors (Lipinski definition) is 0. The number of hydrogen-bond acceptors (Lipinski definition) is 1. The zero-order valence-corrected chi connectivity index (χ0v) is 16.7. The highest BCUT2D eigenvalue weighted by molar-refractivity contribution is 5.36. The van der Waals surface area contributed by atoms with Crippen LogP contribution in [0.5, 0.6) is 0 Å². The minimum atomic E-state index is -4.32. The Morgan fingerprint density at radius 1 is 0.931 bits per heavy atom. The first-order valence-corrected chi connectivity index (χ1v) is 9.95. The Labute approximate surface area is 169 Å². The molecule has 1 aliphatic heterocycles. The Bertz CT molecular complexity index is 1000. The van der Waals surface area contributed by atoms with E-state index in [-0.39, 0.29) is 6.04 Å². The number of nitrogens with zero attached hydrogens (tertiary/aromatic N) is 2. The molecule has 0 aliphatic carbocycles. The van der Waals surface area contributed by atoms with E-state index in [1.54, 1.807) is 6.07 Å². The van der Waals surface area contributed by atoms with Crippen LogP contribution in [0.2, 0.25) is 0 Å². The van der Waals surface area contributed by atoms with Crippen molar-refractivity contribution in [1.29, 1.82) is 0 Å². The molecule has 0 radical (unpaired) electrons. The summed E-state index contributed by atoms with van der Waals surface area (Å²) in [4.78, 5) is 2.30. The monoisotopic (exact) mass is 398 g/mol. The lowest BCUT2D eigenvalue weighted by Crippen LogP contribution is -2.29. The van der Waals surface area contributed by atoms with E-state index in [1.165, 1.54) is 34.5 Å². The Kier molecular flexibility index (Phi) is 5.26. The van der Waals surface area contributed by atoms with Crippen molar-refractivity contribution in [2.45, 2.75) is 45.6 Å². The van der Waals surface area contributed by atoms with Crippen LogP contribution in [0.4, 0.5) is 13.2 Å². The molecule has 0 N–H and O–H groups in total. The molecule has 152 valence electrons. The Morgan fingerprint density at radius 2 is 1.76 bits per heavy atom. The number of benzene rings is 2. The third kappa shape index (κ3) is 4.10. The molecule has 0 spiro atoms. The lowest BCUT2D eigenvalue weighted by atomic mass is 9.97. The second-order valence-electron chi connectivity index (χ2n) is 7.89. The normalized spacial score (nSPS) is 17.8. The highest BCUT2D eigenvalue weighted by Gasteiger charge is 2.31. The van der Waals surface area contributed by atoms with E-state index in [1.807, 2.05) is 0 Å². The van der Waals surface area contributed by atoms with E-state index >= 15 is 0 Å².